The largest absolute Gasteiger partial charge is 0.480 e. The second kappa shape index (κ2) is 8.34. The molecule has 2 aromatic carbocycles. The van der Waals surface area contributed by atoms with Gasteiger partial charge in [-0.05, 0) is 43.5 Å². The second-order valence-electron chi connectivity index (χ2n) is 7.95. The molecule has 0 fully saturated rings. The van der Waals surface area contributed by atoms with Gasteiger partial charge in [-0.15, -0.1) is 0 Å². The average Bonchev–Trinajstić information content (AvgIpc) is 3.03. The van der Waals surface area contributed by atoms with Crippen molar-refractivity contribution >= 4 is 33.8 Å². The van der Waals surface area contributed by atoms with Crippen molar-refractivity contribution in [3.8, 4) is 0 Å². The number of carboxylic acid groups (broad SMARTS) is 1. The number of hydrogen-bond acceptors (Lipinski definition) is 5. The smallest absolute Gasteiger partial charge is 0.340 e. The highest BCUT2D eigenvalue weighted by Gasteiger charge is 2.23. The molecular weight excluding hydrogens is 410 g/mol. The van der Waals surface area contributed by atoms with Gasteiger partial charge in [0.2, 0.25) is 5.91 Å². The number of fused-ring (bicyclic) bond motifs is 2. The molecule has 164 valence electrons. The van der Waals surface area contributed by atoms with Gasteiger partial charge in [0.15, 0.2) is 0 Å². The molecule has 32 heavy (non-hydrogen) atoms. The van der Waals surface area contributed by atoms with Crippen LogP contribution in [0.25, 0.3) is 21.9 Å². The van der Waals surface area contributed by atoms with E-state index in [4.69, 9.17) is 8.83 Å². The minimum absolute atomic E-state index is 0.143. The molecule has 0 bridgehead atoms. The molecule has 0 radical (unpaired) electrons. The van der Waals surface area contributed by atoms with Crippen LogP contribution in [0.2, 0.25) is 0 Å². The molecule has 0 aliphatic heterocycles. The number of benzene rings is 2. The van der Waals surface area contributed by atoms with Gasteiger partial charge < -0.3 is 19.3 Å². The molecule has 7 nitrogen and oxygen atoms in total. The van der Waals surface area contributed by atoms with Gasteiger partial charge in [0.25, 0.3) is 0 Å². The summed E-state index contributed by atoms with van der Waals surface area (Å²) in [6.45, 7) is 5.58. The number of hydrogen-bond donors (Lipinski definition) is 2. The topological polar surface area (TPSA) is 110 Å². The number of carboxylic acids is 1. The predicted molar refractivity (Wildman–Crippen MR) is 120 cm³/mol. The maximum atomic E-state index is 12.7. The van der Waals surface area contributed by atoms with Gasteiger partial charge in [0.05, 0.1) is 12.0 Å². The molecule has 0 spiro atoms. The van der Waals surface area contributed by atoms with E-state index >= 15 is 0 Å². The summed E-state index contributed by atoms with van der Waals surface area (Å²) >= 11 is 0. The van der Waals surface area contributed by atoms with E-state index in [1.54, 1.807) is 37.3 Å². The van der Waals surface area contributed by atoms with Crippen LogP contribution in [0.1, 0.15) is 28.0 Å². The Kier molecular flexibility index (Phi) is 5.57. The third-order valence-electron chi connectivity index (χ3n) is 5.84. The molecule has 1 amide bonds. The van der Waals surface area contributed by atoms with E-state index in [-0.39, 0.29) is 18.4 Å². The van der Waals surface area contributed by atoms with Crippen molar-refractivity contribution in [3.63, 3.8) is 0 Å². The average molecular weight is 433 g/mol. The van der Waals surface area contributed by atoms with Crippen LogP contribution in [0.3, 0.4) is 0 Å². The molecule has 4 rings (SSSR count). The molecular formula is C25H23NO6. The first-order chi connectivity index (χ1) is 15.2. The number of aryl methyl sites for hydroxylation is 3. The van der Waals surface area contributed by atoms with E-state index in [1.165, 1.54) is 0 Å². The molecule has 2 heterocycles. The van der Waals surface area contributed by atoms with Gasteiger partial charge in [-0.1, -0.05) is 30.3 Å². The van der Waals surface area contributed by atoms with E-state index in [0.717, 1.165) is 22.3 Å². The first-order valence-electron chi connectivity index (χ1n) is 10.3. The molecule has 0 saturated carbocycles. The minimum Gasteiger partial charge on any atom is -0.480 e. The van der Waals surface area contributed by atoms with Gasteiger partial charge in [-0.2, -0.15) is 0 Å². The molecule has 0 saturated heterocycles. The van der Waals surface area contributed by atoms with Crippen LogP contribution in [0.15, 0.2) is 56.1 Å². The van der Waals surface area contributed by atoms with Crippen LogP contribution >= 0.6 is 0 Å². The van der Waals surface area contributed by atoms with Crippen molar-refractivity contribution in [2.75, 3.05) is 0 Å². The summed E-state index contributed by atoms with van der Waals surface area (Å²) in [4.78, 5) is 36.9. The van der Waals surface area contributed by atoms with E-state index in [0.29, 0.717) is 22.1 Å². The summed E-state index contributed by atoms with van der Waals surface area (Å²) < 4.78 is 11.2. The van der Waals surface area contributed by atoms with Gasteiger partial charge in [-0.25, -0.2) is 9.59 Å². The first kappa shape index (κ1) is 21.4. The molecule has 0 aliphatic carbocycles. The van der Waals surface area contributed by atoms with Gasteiger partial charge in [0.1, 0.15) is 23.0 Å². The van der Waals surface area contributed by atoms with Gasteiger partial charge in [-0.3, -0.25) is 4.79 Å². The van der Waals surface area contributed by atoms with Crippen LogP contribution in [-0.2, 0) is 22.4 Å². The fourth-order valence-corrected chi connectivity index (χ4v) is 3.88. The highest BCUT2D eigenvalue weighted by Crippen LogP contribution is 2.31. The van der Waals surface area contributed by atoms with Gasteiger partial charge >= 0.3 is 11.6 Å². The number of aliphatic carboxylic acids is 1. The molecule has 0 aliphatic rings. The summed E-state index contributed by atoms with van der Waals surface area (Å²) in [6.07, 6.45) is -0.131. The number of furan rings is 1. The second-order valence-corrected chi connectivity index (χ2v) is 7.95. The van der Waals surface area contributed by atoms with Crippen molar-refractivity contribution < 1.29 is 23.5 Å². The Hall–Kier alpha value is -3.87. The summed E-state index contributed by atoms with van der Waals surface area (Å²) in [6, 6.07) is 11.5. The maximum absolute atomic E-state index is 12.7. The van der Waals surface area contributed by atoms with E-state index in [2.05, 4.69) is 5.32 Å². The Morgan fingerprint density at radius 2 is 1.62 bits per heavy atom. The Labute approximate surface area is 183 Å². The standard InChI is InChI=1S/C25H23NO6/c1-13-15(3)31-21-12-22-18(10-17(13)21)14(2)19(25(30)32-22)11-23(27)26-20(24(28)29)9-16-7-5-4-6-8-16/h4-8,10,12,20H,9,11H2,1-3H3,(H,26,27)(H,28,29)/t20-/m1/s1. The number of carbonyl (C=O) groups excluding carboxylic acids is 1. The van der Waals surface area contributed by atoms with Crippen LogP contribution in [-0.4, -0.2) is 23.0 Å². The van der Waals surface area contributed by atoms with Gasteiger partial charge in [0, 0.05) is 23.3 Å². The third kappa shape index (κ3) is 4.01. The lowest BCUT2D eigenvalue weighted by Gasteiger charge is -2.15. The SMILES string of the molecule is Cc1oc2cc3oc(=O)c(CC(=O)N[C@H](Cc4ccccc4)C(=O)O)c(C)c3cc2c1C. The zero-order valence-corrected chi connectivity index (χ0v) is 18.0. The van der Waals surface area contributed by atoms with Crippen molar-refractivity contribution in [2.45, 2.75) is 39.7 Å². The number of amides is 1. The van der Waals surface area contributed by atoms with Crippen LogP contribution in [0, 0.1) is 20.8 Å². The van der Waals surface area contributed by atoms with E-state index in [9.17, 15) is 19.5 Å². The highest BCUT2D eigenvalue weighted by atomic mass is 16.4. The fourth-order valence-electron chi connectivity index (χ4n) is 3.88. The molecule has 2 N–H and O–H groups in total. The Morgan fingerprint density at radius 3 is 2.31 bits per heavy atom. The quantitative estimate of drug-likeness (QED) is 0.448. The lowest BCUT2D eigenvalue weighted by Crippen LogP contribution is -2.43. The number of carbonyl (C=O) groups is 2. The molecule has 4 aromatic rings. The Bertz CT molecular complexity index is 1400. The Morgan fingerprint density at radius 1 is 0.969 bits per heavy atom. The summed E-state index contributed by atoms with van der Waals surface area (Å²) in [5, 5.41) is 13.7. The van der Waals surface area contributed by atoms with Crippen molar-refractivity contribution in [3.05, 3.63) is 80.9 Å². The lowest BCUT2D eigenvalue weighted by atomic mass is 10.0. The lowest BCUT2D eigenvalue weighted by molar-refractivity contribution is -0.141. The van der Waals surface area contributed by atoms with E-state index in [1.807, 2.05) is 26.0 Å². The Balaban J connectivity index is 1.63. The van der Waals surface area contributed by atoms with Crippen molar-refractivity contribution in [1.82, 2.24) is 5.32 Å². The molecule has 1 atom stereocenters. The summed E-state index contributed by atoms with van der Waals surface area (Å²) in [7, 11) is 0. The monoisotopic (exact) mass is 433 g/mol. The normalized spacial score (nSPS) is 12.2. The number of rotatable bonds is 6. The van der Waals surface area contributed by atoms with Crippen LogP contribution < -0.4 is 10.9 Å². The molecule has 2 aromatic heterocycles. The molecule has 0 unspecified atom stereocenters. The van der Waals surface area contributed by atoms with E-state index < -0.39 is 23.5 Å². The minimum atomic E-state index is -1.14. The summed E-state index contributed by atoms with van der Waals surface area (Å²) in [5.74, 6) is -0.912. The van der Waals surface area contributed by atoms with Crippen LogP contribution in [0.5, 0.6) is 0 Å². The van der Waals surface area contributed by atoms with Crippen molar-refractivity contribution in [1.29, 1.82) is 0 Å². The first-order valence-corrected chi connectivity index (χ1v) is 10.3. The predicted octanol–water partition coefficient (Wildman–Crippen LogP) is 3.82. The maximum Gasteiger partial charge on any atom is 0.340 e. The molecule has 7 heteroatoms. The zero-order valence-electron chi connectivity index (χ0n) is 18.0. The summed E-state index contributed by atoms with van der Waals surface area (Å²) in [5.41, 5.74) is 3.00. The third-order valence-corrected chi connectivity index (χ3v) is 5.84. The van der Waals surface area contributed by atoms with Crippen LogP contribution in [0.4, 0.5) is 0 Å². The zero-order chi connectivity index (χ0) is 23.0. The van der Waals surface area contributed by atoms with Crippen molar-refractivity contribution in [2.24, 2.45) is 0 Å². The number of nitrogens with one attached hydrogen (secondary N) is 1. The highest BCUT2D eigenvalue weighted by molar-refractivity contribution is 5.97. The fraction of sp³-hybridized carbons (Fsp3) is 0.240.